The zero-order chi connectivity index (χ0) is 14.5. The molecule has 1 aromatic heterocycles. The minimum absolute atomic E-state index is 0.333. The van der Waals surface area contributed by atoms with Gasteiger partial charge in [-0.25, -0.2) is 14.4 Å². The Balaban J connectivity index is 2.48. The first-order chi connectivity index (χ1) is 9.62. The number of rotatable bonds is 5. The van der Waals surface area contributed by atoms with Crippen LogP contribution in [0.25, 0.3) is 11.4 Å². The van der Waals surface area contributed by atoms with Crippen molar-refractivity contribution < 1.29 is 9.13 Å². The van der Waals surface area contributed by atoms with E-state index in [1.54, 1.807) is 13.2 Å². The Morgan fingerprint density at radius 1 is 1.25 bits per heavy atom. The van der Waals surface area contributed by atoms with Crippen molar-refractivity contribution in [1.29, 1.82) is 0 Å². The largest absolute Gasteiger partial charge is 0.378 e. The fourth-order valence-corrected chi connectivity index (χ4v) is 2.27. The zero-order valence-electron chi connectivity index (χ0n) is 11.3. The summed E-state index contributed by atoms with van der Waals surface area (Å²) in [5, 5.41) is 3.13. The number of hydrogen-bond acceptors (Lipinski definition) is 4. The quantitative estimate of drug-likeness (QED) is 0.903. The Kier molecular flexibility index (Phi) is 5.03. The molecule has 0 radical (unpaired) electrons. The molecule has 2 aromatic rings. The third kappa shape index (κ3) is 3.74. The van der Waals surface area contributed by atoms with Gasteiger partial charge in [-0.1, -0.05) is 15.9 Å². The van der Waals surface area contributed by atoms with Gasteiger partial charge in [0.1, 0.15) is 11.6 Å². The molecule has 20 heavy (non-hydrogen) atoms. The van der Waals surface area contributed by atoms with Crippen LogP contribution in [0, 0.1) is 5.82 Å². The maximum atomic E-state index is 13.5. The SMILES string of the molecule is CCNc1cc(COC)nc(-c2cc(F)cc(Br)c2)n1. The molecule has 0 aliphatic rings. The number of anilines is 1. The lowest BCUT2D eigenvalue weighted by atomic mass is 10.2. The highest BCUT2D eigenvalue weighted by Crippen LogP contribution is 2.23. The van der Waals surface area contributed by atoms with Gasteiger partial charge in [-0.2, -0.15) is 0 Å². The van der Waals surface area contributed by atoms with Crippen molar-refractivity contribution in [2.24, 2.45) is 0 Å². The normalized spacial score (nSPS) is 10.6. The van der Waals surface area contributed by atoms with Crippen molar-refractivity contribution in [3.8, 4) is 11.4 Å². The highest BCUT2D eigenvalue weighted by molar-refractivity contribution is 9.10. The van der Waals surface area contributed by atoms with E-state index in [9.17, 15) is 4.39 Å². The number of benzene rings is 1. The predicted octanol–water partition coefficient (Wildman–Crippen LogP) is 3.62. The highest BCUT2D eigenvalue weighted by atomic mass is 79.9. The maximum Gasteiger partial charge on any atom is 0.161 e. The summed E-state index contributed by atoms with van der Waals surface area (Å²) in [4.78, 5) is 8.79. The third-order valence-electron chi connectivity index (χ3n) is 2.55. The van der Waals surface area contributed by atoms with Gasteiger partial charge in [0.2, 0.25) is 0 Å². The molecular formula is C14H15BrFN3O. The van der Waals surface area contributed by atoms with Gasteiger partial charge in [0.15, 0.2) is 5.82 Å². The van der Waals surface area contributed by atoms with Crippen molar-refractivity contribution in [3.63, 3.8) is 0 Å². The second kappa shape index (κ2) is 6.76. The molecule has 0 unspecified atom stereocenters. The van der Waals surface area contributed by atoms with E-state index in [1.807, 2.05) is 13.0 Å². The number of aromatic nitrogens is 2. The molecule has 0 bridgehead atoms. The van der Waals surface area contributed by atoms with Crippen LogP contribution in [0.4, 0.5) is 10.2 Å². The fraction of sp³-hybridized carbons (Fsp3) is 0.286. The first-order valence-electron chi connectivity index (χ1n) is 6.19. The molecule has 0 atom stereocenters. The predicted molar refractivity (Wildman–Crippen MR) is 80.0 cm³/mol. The van der Waals surface area contributed by atoms with Crippen LogP contribution in [0.1, 0.15) is 12.6 Å². The maximum absolute atomic E-state index is 13.5. The number of nitrogens with one attached hydrogen (secondary N) is 1. The van der Waals surface area contributed by atoms with Gasteiger partial charge in [0.25, 0.3) is 0 Å². The second-order valence-electron chi connectivity index (χ2n) is 4.19. The Hall–Kier alpha value is -1.53. The summed E-state index contributed by atoms with van der Waals surface area (Å²) in [7, 11) is 1.60. The Morgan fingerprint density at radius 3 is 2.70 bits per heavy atom. The van der Waals surface area contributed by atoms with Gasteiger partial charge in [-0.3, -0.25) is 0 Å². The molecule has 0 aliphatic carbocycles. The molecule has 0 spiro atoms. The molecule has 0 amide bonds. The molecule has 1 heterocycles. The smallest absolute Gasteiger partial charge is 0.161 e. The third-order valence-corrected chi connectivity index (χ3v) is 3.01. The van der Waals surface area contributed by atoms with Crippen molar-refractivity contribution in [2.75, 3.05) is 19.0 Å². The standard InChI is InChI=1S/C14H15BrFN3O/c1-3-17-13-7-12(8-20-2)18-14(19-13)9-4-10(15)6-11(16)5-9/h4-7H,3,8H2,1-2H3,(H,17,18,19). The van der Waals surface area contributed by atoms with Crippen LogP contribution < -0.4 is 5.32 Å². The van der Waals surface area contributed by atoms with Gasteiger partial charge < -0.3 is 10.1 Å². The van der Waals surface area contributed by atoms with Crippen LogP contribution in [0.5, 0.6) is 0 Å². The van der Waals surface area contributed by atoms with Crippen molar-refractivity contribution in [3.05, 3.63) is 40.2 Å². The van der Waals surface area contributed by atoms with Crippen LogP contribution >= 0.6 is 15.9 Å². The topological polar surface area (TPSA) is 47.0 Å². The fourth-order valence-electron chi connectivity index (χ4n) is 1.80. The number of ether oxygens (including phenoxy) is 1. The molecule has 0 saturated heterocycles. The zero-order valence-corrected chi connectivity index (χ0v) is 12.9. The first kappa shape index (κ1) is 14.9. The molecule has 4 nitrogen and oxygen atoms in total. The molecule has 0 fully saturated rings. The number of methoxy groups -OCH3 is 1. The Bertz CT molecular complexity index is 562. The molecule has 1 aromatic carbocycles. The van der Waals surface area contributed by atoms with Crippen molar-refractivity contribution in [2.45, 2.75) is 13.5 Å². The number of halogens is 2. The molecule has 2 rings (SSSR count). The van der Waals surface area contributed by atoms with E-state index in [2.05, 4.69) is 31.2 Å². The monoisotopic (exact) mass is 339 g/mol. The molecule has 106 valence electrons. The average Bonchev–Trinajstić information content (AvgIpc) is 2.38. The molecule has 0 saturated carbocycles. The van der Waals surface area contributed by atoms with E-state index in [-0.39, 0.29) is 5.82 Å². The van der Waals surface area contributed by atoms with Gasteiger partial charge in [0, 0.05) is 29.8 Å². The first-order valence-corrected chi connectivity index (χ1v) is 6.99. The summed E-state index contributed by atoms with van der Waals surface area (Å²) in [6.07, 6.45) is 0. The summed E-state index contributed by atoms with van der Waals surface area (Å²) in [5.41, 5.74) is 1.36. The molecule has 1 N–H and O–H groups in total. The highest BCUT2D eigenvalue weighted by Gasteiger charge is 2.09. The van der Waals surface area contributed by atoms with Crippen LogP contribution in [0.2, 0.25) is 0 Å². The minimum Gasteiger partial charge on any atom is -0.378 e. The van der Waals surface area contributed by atoms with Crippen LogP contribution in [0.3, 0.4) is 0 Å². The molecular weight excluding hydrogens is 325 g/mol. The van der Waals surface area contributed by atoms with E-state index in [0.29, 0.717) is 28.3 Å². The van der Waals surface area contributed by atoms with E-state index in [1.165, 1.54) is 12.1 Å². The van der Waals surface area contributed by atoms with Crippen LogP contribution in [-0.2, 0) is 11.3 Å². The minimum atomic E-state index is -0.333. The lowest BCUT2D eigenvalue weighted by Gasteiger charge is -2.09. The van der Waals surface area contributed by atoms with Gasteiger partial charge in [0.05, 0.1) is 12.3 Å². The van der Waals surface area contributed by atoms with Gasteiger partial charge in [-0.05, 0) is 25.1 Å². The van der Waals surface area contributed by atoms with Gasteiger partial charge in [-0.15, -0.1) is 0 Å². The van der Waals surface area contributed by atoms with Crippen LogP contribution in [0.15, 0.2) is 28.7 Å². The number of nitrogens with zero attached hydrogens (tertiary/aromatic N) is 2. The van der Waals surface area contributed by atoms with E-state index in [0.717, 1.165) is 12.2 Å². The lowest BCUT2D eigenvalue weighted by molar-refractivity contribution is 0.181. The number of hydrogen-bond donors (Lipinski definition) is 1. The van der Waals surface area contributed by atoms with Crippen molar-refractivity contribution in [1.82, 2.24) is 9.97 Å². The Morgan fingerprint density at radius 2 is 2.05 bits per heavy atom. The summed E-state index contributed by atoms with van der Waals surface area (Å²) < 4.78 is 19.2. The van der Waals surface area contributed by atoms with Gasteiger partial charge >= 0.3 is 0 Å². The summed E-state index contributed by atoms with van der Waals surface area (Å²) in [6, 6.07) is 6.41. The van der Waals surface area contributed by atoms with Crippen molar-refractivity contribution >= 4 is 21.7 Å². The van der Waals surface area contributed by atoms with E-state index >= 15 is 0 Å². The van der Waals surface area contributed by atoms with E-state index < -0.39 is 0 Å². The molecule has 0 aliphatic heterocycles. The summed E-state index contributed by atoms with van der Waals surface area (Å²) in [5.74, 6) is 0.834. The van der Waals surface area contributed by atoms with E-state index in [4.69, 9.17) is 4.74 Å². The van der Waals surface area contributed by atoms with Crippen LogP contribution in [-0.4, -0.2) is 23.6 Å². The second-order valence-corrected chi connectivity index (χ2v) is 5.11. The summed E-state index contributed by atoms with van der Waals surface area (Å²) >= 11 is 3.27. The average molecular weight is 340 g/mol. The lowest BCUT2D eigenvalue weighted by Crippen LogP contribution is -2.04. The Labute approximate surface area is 125 Å². The molecule has 6 heteroatoms. The summed E-state index contributed by atoms with van der Waals surface area (Å²) in [6.45, 7) is 3.11.